The maximum atomic E-state index is 14.0. The predicted octanol–water partition coefficient (Wildman–Crippen LogP) is 4.91. The average molecular weight is 566 g/mol. The Morgan fingerprint density at radius 2 is 2.11 bits per heavy atom. The minimum Gasteiger partial charge on any atom is -0.505 e. The first-order chi connectivity index (χ1) is 17.6. The van der Waals surface area contributed by atoms with Gasteiger partial charge in [0.25, 0.3) is 5.56 Å². The highest BCUT2D eigenvalue weighted by molar-refractivity contribution is 8.24. The largest absolute Gasteiger partial charge is 0.505 e. The molecular weight excluding hydrogens is 537 g/mol. The van der Waals surface area contributed by atoms with Gasteiger partial charge in [-0.3, -0.25) is 23.2 Å². The van der Waals surface area contributed by atoms with Crippen molar-refractivity contribution in [2.45, 2.75) is 32.7 Å². The number of rotatable bonds is 9. The molecule has 5 N–H and O–H groups in total. The lowest BCUT2D eigenvalue weighted by atomic mass is 10.1. The lowest BCUT2D eigenvalue weighted by Gasteiger charge is -2.30. The number of amidine groups is 1. The van der Waals surface area contributed by atoms with Gasteiger partial charge in [-0.2, -0.15) is 9.86 Å². The summed E-state index contributed by atoms with van der Waals surface area (Å²) in [5.41, 5.74) is 0.238. The van der Waals surface area contributed by atoms with Crippen LogP contribution in [0.15, 0.2) is 45.3 Å². The summed E-state index contributed by atoms with van der Waals surface area (Å²) in [5, 5.41) is 20.8. The normalized spacial score (nSPS) is 19.6. The number of fused-ring (bicyclic) bond motifs is 1. The second-order valence-electron chi connectivity index (χ2n) is 8.99. The third-order valence-corrected chi connectivity index (χ3v) is 9.52. The van der Waals surface area contributed by atoms with Crippen LogP contribution in [0.25, 0.3) is 10.6 Å². The van der Waals surface area contributed by atoms with Crippen LogP contribution in [0, 0.1) is 5.92 Å². The van der Waals surface area contributed by atoms with Gasteiger partial charge in [0.2, 0.25) is 0 Å². The molecule has 11 nitrogen and oxygen atoms in total. The van der Waals surface area contributed by atoms with Gasteiger partial charge in [0.05, 0.1) is 28.2 Å². The van der Waals surface area contributed by atoms with E-state index < -0.39 is 23.9 Å². The summed E-state index contributed by atoms with van der Waals surface area (Å²) in [7, 11) is -6.99. The molecule has 1 atom stereocenters. The van der Waals surface area contributed by atoms with E-state index in [2.05, 4.69) is 19.9 Å². The van der Waals surface area contributed by atoms with Crippen molar-refractivity contribution in [3.63, 3.8) is 0 Å². The minimum atomic E-state index is -3.91. The molecule has 37 heavy (non-hydrogen) atoms. The standard InChI is InChI=1S/C23H28N5O6PS2/c1-3-34-35(31)17-13-15(27-37(2,32)33)8-9-16(17)24-22(26-35)19-21(29)20(18-5-4-12-36-18)25-28(23(19)30)11-10-14-6-7-14/h4-5,8-9,12-14,27,29,32-33H,3,6-7,10-11H2,1-2H3,(H,24,26,31). The second-order valence-corrected chi connectivity index (χ2v) is 13.8. The number of nitrogens with zero attached hydrogens (tertiary/aromatic N) is 3. The third-order valence-electron chi connectivity index (χ3n) is 5.97. The van der Waals surface area contributed by atoms with Crippen molar-refractivity contribution < 1.29 is 23.3 Å². The van der Waals surface area contributed by atoms with Crippen molar-refractivity contribution in [3.8, 4) is 16.3 Å². The number of aromatic hydroxyl groups is 1. The fourth-order valence-electron chi connectivity index (χ4n) is 4.10. The molecule has 3 aromatic rings. The molecule has 5 rings (SSSR count). The first-order valence-corrected chi connectivity index (χ1v) is 16.1. The lowest BCUT2D eigenvalue weighted by Crippen LogP contribution is -2.35. The Morgan fingerprint density at radius 3 is 2.76 bits per heavy atom. The van der Waals surface area contributed by atoms with Crippen molar-refractivity contribution in [1.29, 1.82) is 0 Å². The molecule has 1 unspecified atom stereocenters. The monoisotopic (exact) mass is 565 g/mol. The van der Waals surface area contributed by atoms with Crippen LogP contribution >= 0.6 is 29.6 Å². The molecule has 0 spiro atoms. The summed E-state index contributed by atoms with van der Waals surface area (Å²) in [6.45, 7) is 2.13. The number of hydrogen-bond acceptors (Lipinski definition) is 10. The predicted molar refractivity (Wildman–Crippen MR) is 149 cm³/mol. The molecule has 3 heterocycles. The van der Waals surface area contributed by atoms with E-state index in [1.54, 1.807) is 25.1 Å². The van der Waals surface area contributed by atoms with Gasteiger partial charge in [-0.15, -0.1) is 22.1 Å². The van der Waals surface area contributed by atoms with E-state index in [1.165, 1.54) is 28.3 Å². The zero-order valence-electron chi connectivity index (χ0n) is 20.2. The van der Waals surface area contributed by atoms with Crippen molar-refractivity contribution in [3.05, 3.63) is 51.6 Å². The summed E-state index contributed by atoms with van der Waals surface area (Å²) in [4.78, 5) is 14.2. The maximum Gasteiger partial charge on any atom is 0.348 e. The number of nitrogens with one attached hydrogen (secondary N) is 2. The number of anilines is 2. The molecule has 0 amide bonds. The maximum absolute atomic E-state index is 14.0. The molecule has 0 saturated heterocycles. The summed E-state index contributed by atoms with van der Waals surface area (Å²) >= 11 is 1.38. The van der Waals surface area contributed by atoms with E-state index in [4.69, 9.17) is 4.52 Å². The molecular formula is C23H28N5O6PS2. The van der Waals surface area contributed by atoms with E-state index >= 15 is 0 Å². The summed E-state index contributed by atoms with van der Waals surface area (Å²) in [5.74, 6) is 0.134. The van der Waals surface area contributed by atoms with Gasteiger partial charge in [0.15, 0.2) is 11.6 Å². The smallest absolute Gasteiger partial charge is 0.348 e. The van der Waals surface area contributed by atoms with Crippen LogP contribution in [0.5, 0.6) is 5.75 Å². The van der Waals surface area contributed by atoms with E-state index in [0.717, 1.165) is 19.3 Å². The molecule has 2 aromatic heterocycles. The quantitative estimate of drug-likeness (QED) is 0.227. The van der Waals surface area contributed by atoms with Crippen LogP contribution in [0.3, 0.4) is 0 Å². The molecule has 1 aromatic carbocycles. The van der Waals surface area contributed by atoms with Gasteiger partial charge in [-0.25, -0.2) is 4.68 Å². The van der Waals surface area contributed by atoms with Gasteiger partial charge in [-0.05, 0) is 48.9 Å². The lowest BCUT2D eigenvalue weighted by molar-refractivity contribution is 0.341. The molecule has 1 fully saturated rings. The molecule has 198 valence electrons. The van der Waals surface area contributed by atoms with Gasteiger partial charge in [0, 0.05) is 12.8 Å². The Labute approximate surface area is 219 Å². The van der Waals surface area contributed by atoms with Crippen molar-refractivity contribution in [1.82, 2.24) is 9.78 Å². The van der Waals surface area contributed by atoms with Crippen molar-refractivity contribution in [2.24, 2.45) is 10.7 Å². The summed E-state index contributed by atoms with van der Waals surface area (Å²) < 4.78 is 47.4. The van der Waals surface area contributed by atoms with Gasteiger partial charge in [-0.1, -0.05) is 18.9 Å². The number of aromatic nitrogens is 2. The van der Waals surface area contributed by atoms with Crippen LogP contribution in [0.1, 0.15) is 31.7 Å². The number of aryl methyl sites for hydroxylation is 1. The number of thiophene rings is 1. The molecule has 1 aliphatic carbocycles. The Kier molecular flexibility index (Phi) is 6.94. The van der Waals surface area contributed by atoms with Crippen molar-refractivity contribution >= 4 is 52.1 Å². The van der Waals surface area contributed by atoms with Crippen LogP contribution in [0.4, 0.5) is 11.4 Å². The van der Waals surface area contributed by atoms with E-state index in [-0.39, 0.29) is 34.8 Å². The van der Waals surface area contributed by atoms with Gasteiger partial charge in [0.1, 0.15) is 11.3 Å². The number of hydrogen-bond donors (Lipinski definition) is 5. The highest BCUT2D eigenvalue weighted by atomic mass is 32.3. The Bertz CT molecular complexity index is 1460. The minimum absolute atomic E-state index is 0.0719. The molecule has 14 heteroatoms. The fourth-order valence-corrected chi connectivity index (χ4v) is 7.19. The number of benzene rings is 1. The van der Waals surface area contributed by atoms with Crippen LogP contribution in [-0.4, -0.2) is 42.7 Å². The van der Waals surface area contributed by atoms with E-state index in [0.29, 0.717) is 28.7 Å². The Morgan fingerprint density at radius 1 is 1.32 bits per heavy atom. The SMILES string of the molecule is CCOP1(=O)N=C(c2c(O)c(-c3cccs3)nn(CCC3CC3)c2=O)Nc2ccc(NS(C)(O)O)cc21. The zero-order chi connectivity index (χ0) is 26.4. The topological polar surface area (TPSA) is 158 Å². The summed E-state index contributed by atoms with van der Waals surface area (Å²) in [6.07, 6.45) is 4.29. The highest BCUT2D eigenvalue weighted by Crippen LogP contribution is 2.53. The third kappa shape index (κ3) is 5.47. The molecule has 1 aliphatic heterocycles. The summed E-state index contributed by atoms with van der Waals surface area (Å²) in [6, 6.07) is 8.24. The molecule has 0 radical (unpaired) electrons. The Hall–Kier alpha value is -2.67. The average Bonchev–Trinajstić information content (AvgIpc) is 3.49. The molecule has 1 saturated carbocycles. The van der Waals surface area contributed by atoms with E-state index in [1.807, 2.05) is 11.4 Å². The van der Waals surface area contributed by atoms with Crippen molar-refractivity contribution in [2.75, 3.05) is 22.9 Å². The highest BCUT2D eigenvalue weighted by Gasteiger charge is 2.36. The molecule has 2 aliphatic rings. The first-order valence-electron chi connectivity index (χ1n) is 11.7. The molecule has 0 bridgehead atoms. The first kappa shape index (κ1) is 26.0. The zero-order valence-corrected chi connectivity index (χ0v) is 22.8. The van der Waals surface area contributed by atoms with Gasteiger partial charge >= 0.3 is 7.52 Å². The fraction of sp³-hybridized carbons (Fsp3) is 0.348. The van der Waals surface area contributed by atoms with E-state index in [9.17, 15) is 23.6 Å². The van der Waals surface area contributed by atoms with Gasteiger partial charge < -0.3 is 14.9 Å². The van der Waals surface area contributed by atoms with Crippen LogP contribution in [0.2, 0.25) is 0 Å². The van der Waals surface area contributed by atoms with Crippen LogP contribution in [-0.2, 0) is 15.6 Å². The second kappa shape index (κ2) is 9.90. The van der Waals surface area contributed by atoms with Crippen LogP contribution < -0.4 is 20.9 Å². The Balaban J connectivity index is 1.64.